The first-order valence-electron chi connectivity index (χ1n) is 13.4. The Hall–Kier alpha value is -2.21. The molecule has 2 aliphatic rings. The number of imidazole rings is 1. The molecular weight excluding hydrogens is 665 g/mol. The lowest BCUT2D eigenvalue weighted by molar-refractivity contribution is -0.0453. The second-order valence-corrected chi connectivity index (χ2v) is 14.8. The molecule has 6 atom stereocenters. The minimum absolute atomic E-state index is 0.0183. The van der Waals surface area contributed by atoms with E-state index >= 15 is 4.39 Å². The number of halogens is 2. The summed E-state index contributed by atoms with van der Waals surface area (Å²) in [7, 11) is -4.47. The van der Waals surface area contributed by atoms with Gasteiger partial charge in [0, 0.05) is 12.2 Å². The third-order valence-corrected chi connectivity index (χ3v) is 10.3. The van der Waals surface area contributed by atoms with E-state index in [9.17, 15) is 14.4 Å². The predicted octanol–water partition coefficient (Wildman–Crippen LogP) is 3.47. The molecule has 0 amide bonds. The molecule has 1 saturated carbocycles. The van der Waals surface area contributed by atoms with Gasteiger partial charge in [0.05, 0.1) is 31.5 Å². The van der Waals surface area contributed by atoms with Gasteiger partial charge in [0.15, 0.2) is 23.9 Å². The molecule has 5 heterocycles. The third kappa shape index (κ3) is 6.39. The Morgan fingerprint density at radius 1 is 1.11 bits per heavy atom. The van der Waals surface area contributed by atoms with Gasteiger partial charge in [-0.2, -0.15) is 0 Å². The highest BCUT2D eigenvalue weighted by atomic mass is 35.5. The predicted molar refractivity (Wildman–Crippen MR) is 158 cm³/mol. The van der Waals surface area contributed by atoms with Gasteiger partial charge in [-0.05, 0) is 43.6 Å². The van der Waals surface area contributed by atoms with Gasteiger partial charge < -0.3 is 33.9 Å². The van der Waals surface area contributed by atoms with Crippen molar-refractivity contribution in [3.63, 3.8) is 0 Å². The topological polar surface area (TPSA) is 204 Å². The second-order valence-electron chi connectivity index (χ2n) is 10.2. The minimum atomic E-state index is -4.47. The summed E-state index contributed by atoms with van der Waals surface area (Å²) in [5, 5.41) is 0.608. The first-order chi connectivity index (χ1) is 21.0. The summed E-state index contributed by atoms with van der Waals surface area (Å²) in [6.45, 7) is -3.18. The molecule has 0 spiro atoms. The van der Waals surface area contributed by atoms with Crippen molar-refractivity contribution in [3.05, 3.63) is 36.4 Å². The van der Waals surface area contributed by atoms with E-state index in [-0.39, 0.29) is 36.0 Å². The number of nitrogen functional groups attached to an aromatic ring is 1. The fourth-order valence-electron chi connectivity index (χ4n) is 5.28. The number of fused-ring (bicyclic) bond motifs is 2. The van der Waals surface area contributed by atoms with Crippen LogP contribution in [0.15, 0.2) is 31.2 Å². The Bertz CT molecular complexity index is 1760. The molecule has 0 aromatic carbocycles. The van der Waals surface area contributed by atoms with Gasteiger partial charge in [0.1, 0.15) is 41.2 Å². The number of phosphoric ester groups is 1. The highest BCUT2D eigenvalue weighted by Crippen LogP contribution is 2.52. The minimum Gasteiger partial charge on any atom is -0.382 e. The summed E-state index contributed by atoms with van der Waals surface area (Å²) < 4.78 is 58.4. The van der Waals surface area contributed by atoms with Gasteiger partial charge in [0.25, 0.3) is 0 Å². The Kier molecular flexibility index (Phi) is 9.04. The standard InChI is InChI=1S/C23H28ClFN8O8P2S/c1-2-37-42(34,35)38-8-15-18(16(25)23(40-15)32-4-3-14-19(24)27-9-29-21(14)32)41-43(36,44)39-7-12-5-13(6-12)33-11-31-17-20(26)28-10-30-22(17)33/h3-4,9-13,15-16,18,23H,2,5-8H2,1H3,(H,34,35)(H,36,44)(H2,26,28,30)/t12?,13?,15-,16+,18-,23-,43?/m1/s1. The number of anilines is 1. The van der Waals surface area contributed by atoms with Crippen molar-refractivity contribution in [1.29, 1.82) is 0 Å². The molecule has 4 aromatic rings. The number of rotatable bonds is 12. The van der Waals surface area contributed by atoms with Crippen LogP contribution in [-0.4, -0.2) is 82.0 Å². The molecule has 6 rings (SSSR count). The van der Waals surface area contributed by atoms with Crippen molar-refractivity contribution in [1.82, 2.24) is 34.1 Å². The Morgan fingerprint density at radius 3 is 2.64 bits per heavy atom. The van der Waals surface area contributed by atoms with E-state index in [0.29, 0.717) is 35.2 Å². The smallest absolute Gasteiger partial charge is 0.382 e. The highest BCUT2D eigenvalue weighted by molar-refractivity contribution is 8.07. The van der Waals surface area contributed by atoms with E-state index < -0.39 is 45.8 Å². The zero-order valence-corrected chi connectivity index (χ0v) is 26.4. The molecule has 1 aliphatic heterocycles. The van der Waals surface area contributed by atoms with Crippen LogP contribution >= 0.6 is 26.1 Å². The van der Waals surface area contributed by atoms with E-state index in [1.807, 2.05) is 4.57 Å². The quantitative estimate of drug-likeness (QED) is 0.144. The van der Waals surface area contributed by atoms with Gasteiger partial charge in [-0.25, -0.2) is 33.9 Å². The normalized spacial score (nSPS) is 28.2. The number of nitrogens with zero attached hydrogens (tertiary/aromatic N) is 7. The number of alkyl halides is 1. The molecule has 4 N–H and O–H groups in total. The molecule has 1 saturated heterocycles. The molecule has 4 aromatic heterocycles. The molecular formula is C23H28ClFN8O8P2S. The number of hydrogen-bond acceptors (Lipinski definition) is 13. The van der Waals surface area contributed by atoms with Crippen LogP contribution in [0.3, 0.4) is 0 Å². The SMILES string of the molecule is CCOP(=O)(O)OC[C@H]1O[C@@H](n2ccc3c(Cl)ncnc32)[C@@H](F)[C@@H]1OP(O)(=S)OCC1CC(n2cnc3c(N)ncnc32)C1. The van der Waals surface area contributed by atoms with Gasteiger partial charge in [-0.3, -0.25) is 13.6 Å². The largest absolute Gasteiger partial charge is 0.472 e. The summed E-state index contributed by atoms with van der Waals surface area (Å²) in [6.07, 6.45) is 0.993. The molecule has 0 bridgehead atoms. The molecule has 1 aliphatic carbocycles. The zero-order valence-electron chi connectivity index (χ0n) is 23.0. The van der Waals surface area contributed by atoms with Crippen molar-refractivity contribution in [2.24, 2.45) is 5.92 Å². The highest BCUT2D eigenvalue weighted by Gasteiger charge is 2.50. The van der Waals surface area contributed by atoms with E-state index in [1.54, 1.807) is 12.4 Å². The summed E-state index contributed by atoms with van der Waals surface area (Å²) in [4.78, 5) is 41.4. The molecule has 2 fully saturated rings. The van der Waals surface area contributed by atoms with Crippen molar-refractivity contribution >= 4 is 66.0 Å². The van der Waals surface area contributed by atoms with Crippen LogP contribution in [0.1, 0.15) is 32.0 Å². The lowest BCUT2D eigenvalue weighted by Gasteiger charge is -2.36. The Balaban J connectivity index is 1.13. The number of phosphoric acid groups is 1. The van der Waals surface area contributed by atoms with E-state index in [0.717, 1.165) is 0 Å². The lowest BCUT2D eigenvalue weighted by atomic mass is 9.81. The number of ether oxygens (including phenoxy) is 1. The van der Waals surface area contributed by atoms with Crippen LogP contribution in [-0.2, 0) is 39.2 Å². The number of hydrogen-bond donors (Lipinski definition) is 3. The van der Waals surface area contributed by atoms with Gasteiger partial charge in [0.2, 0.25) is 0 Å². The van der Waals surface area contributed by atoms with Crippen LogP contribution in [0.4, 0.5) is 10.2 Å². The Labute approximate surface area is 259 Å². The average molecular weight is 693 g/mol. The van der Waals surface area contributed by atoms with Crippen molar-refractivity contribution in [2.75, 3.05) is 25.6 Å². The molecule has 2 unspecified atom stereocenters. The summed E-state index contributed by atoms with van der Waals surface area (Å²) in [6, 6.07) is 1.67. The van der Waals surface area contributed by atoms with Crippen molar-refractivity contribution < 1.29 is 41.6 Å². The maximum atomic E-state index is 16.0. The van der Waals surface area contributed by atoms with Crippen molar-refractivity contribution in [2.45, 2.75) is 50.4 Å². The van der Waals surface area contributed by atoms with E-state index in [1.165, 1.54) is 30.3 Å². The maximum absolute atomic E-state index is 16.0. The fraction of sp³-hybridized carbons (Fsp3) is 0.522. The Morgan fingerprint density at radius 2 is 1.86 bits per heavy atom. The fourth-order valence-corrected chi connectivity index (χ4v) is 7.70. The van der Waals surface area contributed by atoms with Gasteiger partial charge in [-0.15, -0.1) is 0 Å². The maximum Gasteiger partial charge on any atom is 0.472 e. The van der Waals surface area contributed by atoms with Crippen LogP contribution < -0.4 is 5.73 Å². The molecule has 21 heteroatoms. The first kappa shape index (κ1) is 31.8. The number of aromatic nitrogens is 7. The summed E-state index contributed by atoms with van der Waals surface area (Å²) in [5.41, 5.74) is 7.29. The molecule has 0 radical (unpaired) electrons. The van der Waals surface area contributed by atoms with Crippen molar-refractivity contribution in [3.8, 4) is 0 Å². The molecule has 16 nitrogen and oxygen atoms in total. The zero-order chi connectivity index (χ0) is 31.2. The lowest BCUT2D eigenvalue weighted by Crippen LogP contribution is -2.34. The number of nitrogens with two attached hydrogens (primary N) is 1. The first-order valence-corrected chi connectivity index (χ1v) is 17.9. The monoisotopic (exact) mass is 692 g/mol. The van der Waals surface area contributed by atoms with Crippen LogP contribution in [0.2, 0.25) is 5.15 Å². The average Bonchev–Trinajstić information content (AvgIpc) is 3.64. The van der Waals surface area contributed by atoms with Gasteiger partial charge in [-0.1, -0.05) is 11.6 Å². The summed E-state index contributed by atoms with van der Waals surface area (Å²) in [5.74, 6) is 0.311. The third-order valence-electron chi connectivity index (χ3n) is 7.42. The van der Waals surface area contributed by atoms with E-state index in [4.69, 9.17) is 52.0 Å². The molecule has 44 heavy (non-hydrogen) atoms. The van der Waals surface area contributed by atoms with E-state index in [2.05, 4.69) is 24.9 Å². The van der Waals surface area contributed by atoms with Crippen LogP contribution in [0.25, 0.3) is 22.2 Å². The van der Waals surface area contributed by atoms with Gasteiger partial charge >= 0.3 is 14.5 Å². The summed E-state index contributed by atoms with van der Waals surface area (Å²) >= 11 is 11.4. The van der Waals surface area contributed by atoms with Crippen LogP contribution in [0.5, 0.6) is 0 Å². The molecule has 238 valence electrons. The second kappa shape index (κ2) is 12.5. The van der Waals surface area contributed by atoms with Crippen LogP contribution in [0, 0.1) is 5.92 Å².